The van der Waals surface area contributed by atoms with Gasteiger partial charge in [-0.25, -0.2) is 8.42 Å². The second kappa shape index (κ2) is 6.57. The first-order valence-corrected chi connectivity index (χ1v) is 6.35. The van der Waals surface area contributed by atoms with E-state index in [1.807, 2.05) is 0 Å². The van der Waals surface area contributed by atoms with Crippen LogP contribution in [0.2, 0.25) is 0 Å². The number of rotatable bonds is 7. The summed E-state index contributed by atoms with van der Waals surface area (Å²) in [5, 5.41) is 2.75. The van der Waals surface area contributed by atoms with Crippen LogP contribution in [0.25, 0.3) is 0 Å². The summed E-state index contributed by atoms with van der Waals surface area (Å²) in [4.78, 5) is 11.1. The number of ketones is 1. The van der Waals surface area contributed by atoms with Gasteiger partial charge in [0.15, 0.2) is 0 Å². The standard InChI is InChI=1S/C9H15NO3S/c1-3-6-10-8-9(11)5-4-7-14(2,12)13/h1,10H,4-8H2,2H3. The van der Waals surface area contributed by atoms with Gasteiger partial charge in [-0.05, 0) is 6.42 Å². The molecule has 0 bridgehead atoms. The normalized spacial score (nSPS) is 10.9. The highest BCUT2D eigenvalue weighted by Gasteiger charge is 2.05. The van der Waals surface area contributed by atoms with Crippen LogP contribution in [0, 0.1) is 12.3 Å². The van der Waals surface area contributed by atoms with Crippen molar-refractivity contribution in [3.8, 4) is 12.3 Å². The van der Waals surface area contributed by atoms with Gasteiger partial charge in [-0.15, -0.1) is 6.42 Å². The van der Waals surface area contributed by atoms with Crippen molar-refractivity contribution in [2.24, 2.45) is 0 Å². The van der Waals surface area contributed by atoms with E-state index in [1.165, 1.54) is 0 Å². The molecule has 0 heterocycles. The van der Waals surface area contributed by atoms with E-state index in [1.54, 1.807) is 0 Å². The van der Waals surface area contributed by atoms with Crippen molar-refractivity contribution in [3.05, 3.63) is 0 Å². The maximum Gasteiger partial charge on any atom is 0.147 e. The van der Waals surface area contributed by atoms with E-state index in [4.69, 9.17) is 6.42 Å². The van der Waals surface area contributed by atoms with E-state index in [-0.39, 0.29) is 24.5 Å². The van der Waals surface area contributed by atoms with Gasteiger partial charge in [-0.1, -0.05) is 5.92 Å². The van der Waals surface area contributed by atoms with Crippen LogP contribution >= 0.6 is 0 Å². The van der Waals surface area contributed by atoms with Crippen LogP contribution in [-0.4, -0.2) is 39.3 Å². The third-order valence-electron chi connectivity index (χ3n) is 1.52. The number of nitrogens with one attached hydrogen (secondary N) is 1. The summed E-state index contributed by atoms with van der Waals surface area (Å²) < 4.78 is 21.4. The van der Waals surface area contributed by atoms with E-state index in [0.29, 0.717) is 13.0 Å². The Balaban J connectivity index is 3.51. The molecule has 0 aromatic rings. The van der Waals surface area contributed by atoms with E-state index < -0.39 is 9.84 Å². The maximum atomic E-state index is 11.1. The van der Waals surface area contributed by atoms with Crippen LogP contribution in [-0.2, 0) is 14.6 Å². The Kier molecular flexibility index (Phi) is 6.17. The highest BCUT2D eigenvalue weighted by atomic mass is 32.2. The van der Waals surface area contributed by atoms with Crippen molar-refractivity contribution in [2.75, 3.05) is 25.1 Å². The van der Waals surface area contributed by atoms with Gasteiger partial charge in [-0.2, -0.15) is 0 Å². The molecule has 0 saturated heterocycles. The molecule has 0 radical (unpaired) electrons. The van der Waals surface area contributed by atoms with Crippen molar-refractivity contribution < 1.29 is 13.2 Å². The number of carbonyl (C=O) groups excluding carboxylic acids is 1. The second-order valence-electron chi connectivity index (χ2n) is 3.08. The lowest BCUT2D eigenvalue weighted by molar-refractivity contribution is -0.118. The minimum absolute atomic E-state index is 0.0103. The smallest absolute Gasteiger partial charge is 0.147 e. The molecule has 5 heteroatoms. The highest BCUT2D eigenvalue weighted by Crippen LogP contribution is 1.94. The monoisotopic (exact) mass is 217 g/mol. The first-order chi connectivity index (χ1) is 6.45. The van der Waals surface area contributed by atoms with E-state index >= 15 is 0 Å². The van der Waals surface area contributed by atoms with Crippen LogP contribution in [0.5, 0.6) is 0 Å². The van der Waals surface area contributed by atoms with Crippen molar-refractivity contribution in [1.82, 2.24) is 5.32 Å². The molecular formula is C9H15NO3S. The minimum atomic E-state index is -2.95. The largest absolute Gasteiger partial charge is 0.299 e. The van der Waals surface area contributed by atoms with Crippen LogP contribution in [0.15, 0.2) is 0 Å². The summed E-state index contributed by atoms with van der Waals surface area (Å²) in [6.07, 6.45) is 6.80. The predicted molar refractivity (Wildman–Crippen MR) is 55.7 cm³/mol. The second-order valence-corrected chi connectivity index (χ2v) is 5.34. The number of hydrogen-bond acceptors (Lipinski definition) is 4. The summed E-state index contributed by atoms with van der Waals surface area (Å²) >= 11 is 0. The SMILES string of the molecule is C#CCNCC(=O)CCCS(C)(=O)=O. The van der Waals surface area contributed by atoms with Crippen LogP contribution in [0.3, 0.4) is 0 Å². The molecule has 14 heavy (non-hydrogen) atoms. The Hall–Kier alpha value is -0.860. The third kappa shape index (κ3) is 9.23. The molecule has 0 aliphatic rings. The number of sulfone groups is 1. The van der Waals surface area contributed by atoms with Gasteiger partial charge in [-0.3, -0.25) is 10.1 Å². The molecule has 0 aromatic carbocycles. The van der Waals surface area contributed by atoms with Gasteiger partial charge in [0.1, 0.15) is 15.6 Å². The maximum absolute atomic E-state index is 11.1. The number of carbonyl (C=O) groups is 1. The zero-order valence-electron chi connectivity index (χ0n) is 8.25. The summed E-state index contributed by atoms with van der Waals surface area (Å²) in [6, 6.07) is 0. The van der Waals surface area contributed by atoms with Gasteiger partial charge < -0.3 is 0 Å². The lowest BCUT2D eigenvalue weighted by Crippen LogP contribution is -2.23. The molecule has 4 nitrogen and oxygen atoms in total. The Morgan fingerprint density at radius 3 is 2.64 bits per heavy atom. The number of Topliss-reactive ketones (excluding diaryl/α,β-unsaturated/α-hetero) is 1. The molecule has 0 aromatic heterocycles. The van der Waals surface area contributed by atoms with Crippen LogP contribution in [0.4, 0.5) is 0 Å². The molecule has 1 N–H and O–H groups in total. The Labute approximate surface area is 85.0 Å². The summed E-state index contributed by atoms with van der Waals surface area (Å²) in [6.45, 7) is 0.575. The summed E-state index contributed by atoms with van der Waals surface area (Å²) in [7, 11) is -2.95. The molecule has 80 valence electrons. The summed E-state index contributed by atoms with van der Waals surface area (Å²) in [5.74, 6) is 2.40. The first kappa shape index (κ1) is 13.1. The molecule has 0 aliphatic carbocycles. The van der Waals surface area contributed by atoms with Crippen molar-refractivity contribution in [1.29, 1.82) is 0 Å². The average molecular weight is 217 g/mol. The number of terminal acetylenes is 1. The molecule has 0 amide bonds. The van der Waals surface area contributed by atoms with E-state index in [0.717, 1.165) is 6.26 Å². The predicted octanol–water partition coefficient (Wildman–Crippen LogP) is -0.397. The van der Waals surface area contributed by atoms with Gasteiger partial charge in [0.05, 0.1) is 18.8 Å². The molecular weight excluding hydrogens is 202 g/mol. The lowest BCUT2D eigenvalue weighted by atomic mass is 10.2. The zero-order valence-corrected chi connectivity index (χ0v) is 9.06. The van der Waals surface area contributed by atoms with E-state index in [2.05, 4.69) is 11.2 Å². The highest BCUT2D eigenvalue weighted by molar-refractivity contribution is 7.90. The van der Waals surface area contributed by atoms with Crippen LogP contribution in [0.1, 0.15) is 12.8 Å². The first-order valence-electron chi connectivity index (χ1n) is 4.29. The van der Waals surface area contributed by atoms with Gasteiger partial charge in [0.25, 0.3) is 0 Å². The Bertz CT molecular complexity index is 313. The third-order valence-corrected chi connectivity index (χ3v) is 2.55. The molecule has 0 saturated carbocycles. The lowest BCUT2D eigenvalue weighted by Gasteiger charge is -2.00. The average Bonchev–Trinajstić information content (AvgIpc) is 2.02. The molecule has 0 unspecified atom stereocenters. The van der Waals surface area contributed by atoms with Crippen LogP contribution < -0.4 is 5.32 Å². The van der Waals surface area contributed by atoms with Crippen molar-refractivity contribution >= 4 is 15.6 Å². The molecule has 0 fully saturated rings. The van der Waals surface area contributed by atoms with E-state index in [9.17, 15) is 13.2 Å². The minimum Gasteiger partial charge on any atom is -0.299 e. The van der Waals surface area contributed by atoms with Crippen molar-refractivity contribution in [3.63, 3.8) is 0 Å². The summed E-state index contributed by atoms with van der Waals surface area (Å²) in [5.41, 5.74) is 0. The van der Waals surface area contributed by atoms with Crippen molar-refractivity contribution in [2.45, 2.75) is 12.8 Å². The fraction of sp³-hybridized carbons (Fsp3) is 0.667. The van der Waals surface area contributed by atoms with Gasteiger partial charge in [0.2, 0.25) is 0 Å². The Morgan fingerprint density at radius 1 is 1.50 bits per heavy atom. The fourth-order valence-electron chi connectivity index (χ4n) is 0.894. The quantitative estimate of drug-likeness (QED) is 0.466. The molecule has 0 aliphatic heterocycles. The van der Waals surface area contributed by atoms with Gasteiger partial charge in [0, 0.05) is 12.7 Å². The molecule has 0 spiro atoms. The Morgan fingerprint density at radius 2 is 2.14 bits per heavy atom. The number of hydrogen-bond donors (Lipinski definition) is 1. The fourth-order valence-corrected chi connectivity index (χ4v) is 1.56. The topological polar surface area (TPSA) is 63.2 Å². The molecule has 0 atom stereocenters. The van der Waals surface area contributed by atoms with Gasteiger partial charge >= 0.3 is 0 Å². The molecule has 0 rings (SSSR count). The zero-order chi connectivity index (χ0) is 11.0.